The van der Waals surface area contributed by atoms with Crippen molar-refractivity contribution < 1.29 is 27.4 Å². The highest BCUT2D eigenvalue weighted by atomic mass is 32.2. The smallest absolute Gasteiger partial charge is 0.243 e. The standard InChI is InChI=1S/C20H24N2O6S/c1-15(20(23)21-10-11-26-17-6-4-3-5-7-17)22(29(2,24)25)16-8-9-18-19(14-16)28-13-12-27-18/h3-9,14-15H,10-13H2,1-2H3,(H,21,23)/t15-/m1/s1. The number of hydrogen-bond donors (Lipinski definition) is 1. The van der Waals surface area contributed by atoms with E-state index in [0.717, 1.165) is 10.6 Å². The van der Waals surface area contributed by atoms with E-state index in [1.165, 1.54) is 6.92 Å². The monoisotopic (exact) mass is 420 g/mol. The number of rotatable bonds is 8. The number of carbonyl (C=O) groups excluding carboxylic acids is 1. The third kappa shape index (κ3) is 5.32. The molecular weight excluding hydrogens is 396 g/mol. The Hall–Kier alpha value is -2.94. The molecule has 0 aliphatic carbocycles. The normalized spacial score (nSPS) is 14.0. The molecule has 1 heterocycles. The van der Waals surface area contributed by atoms with E-state index in [1.54, 1.807) is 18.2 Å². The number of amides is 1. The molecule has 8 nitrogen and oxygen atoms in total. The van der Waals surface area contributed by atoms with Crippen LogP contribution in [0.15, 0.2) is 48.5 Å². The molecule has 0 bridgehead atoms. The van der Waals surface area contributed by atoms with E-state index in [2.05, 4.69) is 5.32 Å². The number of hydrogen-bond acceptors (Lipinski definition) is 6. The molecule has 0 aromatic heterocycles. The minimum absolute atomic E-state index is 0.247. The van der Waals surface area contributed by atoms with Crippen LogP contribution in [0.4, 0.5) is 5.69 Å². The van der Waals surface area contributed by atoms with Gasteiger partial charge in [0.15, 0.2) is 11.5 Å². The summed E-state index contributed by atoms with van der Waals surface area (Å²) >= 11 is 0. The molecule has 3 rings (SSSR count). The summed E-state index contributed by atoms with van der Waals surface area (Å²) < 4.78 is 42.4. The van der Waals surface area contributed by atoms with Crippen LogP contribution in [0.2, 0.25) is 0 Å². The number of carbonyl (C=O) groups is 1. The highest BCUT2D eigenvalue weighted by Gasteiger charge is 2.30. The maximum Gasteiger partial charge on any atom is 0.243 e. The second-order valence-electron chi connectivity index (χ2n) is 6.52. The molecule has 9 heteroatoms. The van der Waals surface area contributed by atoms with Crippen LogP contribution in [0.25, 0.3) is 0 Å². The van der Waals surface area contributed by atoms with Crippen LogP contribution in [0.5, 0.6) is 17.2 Å². The first kappa shape index (κ1) is 20.8. The number of anilines is 1. The van der Waals surface area contributed by atoms with Gasteiger partial charge in [0.05, 0.1) is 18.5 Å². The van der Waals surface area contributed by atoms with Crippen molar-refractivity contribution in [1.82, 2.24) is 5.32 Å². The number of benzene rings is 2. The highest BCUT2D eigenvalue weighted by Crippen LogP contribution is 2.35. The third-order valence-electron chi connectivity index (χ3n) is 4.28. The van der Waals surface area contributed by atoms with Gasteiger partial charge in [0.2, 0.25) is 15.9 Å². The zero-order chi connectivity index (χ0) is 20.9. The van der Waals surface area contributed by atoms with Gasteiger partial charge in [-0.2, -0.15) is 0 Å². The SMILES string of the molecule is C[C@H](C(=O)NCCOc1ccccc1)N(c1ccc2c(c1)OCCO2)S(C)(=O)=O. The minimum atomic E-state index is -3.72. The van der Waals surface area contributed by atoms with Crippen LogP contribution < -0.4 is 23.8 Å². The Kier molecular flexibility index (Phi) is 6.48. The summed E-state index contributed by atoms with van der Waals surface area (Å²) in [5.74, 6) is 1.26. The minimum Gasteiger partial charge on any atom is -0.492 e. The van der Waals surface area contributed by atoms with Crippen LogP contribution in [0.1, 0.15) is 6.92 Å². The molecule has 1 amide bonds. The second-order valence-corrected chi connectivity index (χ2v) is 8.37. The van der Waals surface area contributed by atoms with Crippen LogP contribution in [-0.2, 0) is 14.8 Å². The molecule has 2 aromatic carbocycles. The summed E-state index contributed by atoms with van der Waals surface area (Å²) in [4.78, 5) is 12.6. The summed E-state index contributed by atoms with van der Waals surface area (Å²) in [6, 6.07) is 13.1. The predicted molar refractivity (Wildman–Crippen MR) is 109 cm³/mol. The van der Waals surface area contributed by atoms with Gasteiger partial charge in [-0.3, -0.25) is 9.10 Å². The van der Waals surface area contributed by atoms with E-state index in [0.29, 0.717) is 36.1 Å². The lowest BCUT2D eigenvalue weighted by Gasteiger charge is -2.29. The number of ether oxygens (including phenoxy) is 3. The molecule has 1 aliphatic heterocycles. The molecule has 1 atom stereocenters. The molecule has 156 valence electrons. The van der Waals surface area contributed by atoms with E-state index < -0.39 is 22.0 Å². The van der Waals surface area contributed by atoms with Crippen LogP contribution in [0, 0.1) is 0 Å². The van der Waals surface area contributed by atoms with Crippen molar-refractivity contribution in [3.05, 3.63) is 48.5 Å². The quantitative estimate of drug-likeness (QED) is 0.655. The van der Waals surface area contributed by atoms with Gasteiger partial charge in [0.25, 0.3) is 0 Å². The fourth-order valence-corrected chi connectivity index (χ4v) is 4.15. The van der Waals surface area contributed by atoms with E-state index in [4.69, 9.17) is 14.2 Å². The molecule has 2 aromatic rings. The Morgan fingerprint density at radius 1 is 1.14 bits per heavy atom. The largest absolute Gasteiger partial charge is 0.492 e. The molecule has 1 N–H and O–H groups in total. The van der Waals surface area contributed by atoms with Crippen molar-refractivity contribution in [2.45, 2.75) is 13.0 Å². The summed E-state index contributed by atoms with van der Waals surface area (Å²) in [5.41, 5.74) is 0.333. The second kappa shape index (κ2) is 9.04. The van der Waals surface area contributed by atoms with Crippen LogP contribution in [0.3, 0.4) is 0 Å². The molecule has 0 saturated heterocycles. The van der Waals surface area contributed by atoms with Crippen LogP contribution >= 0.6 is 0 Å². The summed E-state index contributed by atoms with van der Waals surface area (Å²) in [6.07, 6.45) is 1.06. The zero-order valence-electron chi connectivity index (χ0n) is 16.3. The Bertz CT molecular complexity index is 949. The first-order valence-electron chi connectivity index (χ1n) is 9.21. The van der Waals surface area contributed by atoms with Crippen molar-refractivity contribution in [2.24, 2.45) is 0 Å². The van der Waals surface area contributed by atoms with Gasteiger partial charge in [-0.05, 0) is 31.2 Å². The number of para-hydroxylation sites is 1. The lowest BCUT2D eigenvalue weighted by molar-refractivity contribution is -0.121. The van der Waals surface area contributed by atoms with E-state index >= 15 is 0 Å². The Balaban J connectivity index is 1.66. The molecule has 29 heavy (non-hydrogen) atoms. The fourth-order valence-electron chi connectivity index (χ4n) is 2.99. The van der Waals surface area contributed by atoms with Gasteiger partial charge in [0, 0.05) is 6.07 Å². The Labute approximate surface area is 170 Å². The Morgan fingerprint density at radius 2 is 1.83 bits per heavy atom. The summed E-state index contributed by atoms with van der Waals surface area (Å²) in [6.45, 7) is 2.87. The first-order chi connectivity index (χ1) is 13.9. The molecule has 0 unspecified atom stereocenters. The average Bonchev–Trinajstić information content (AvgIpc) is 2.70. The lowest BCUT2D eigenvalue weighted by atomic mass is 10.2. The fraction of sp³-hybridized carbons (Fsp3) is 0.350. The number of fused-ring (bicyclic) bond motifs is 1. The van der Waals surface area contributed by atoms with Gasteiger partial charge < -0.3 is 19.5 Å². The van der Waals surface area contributed by atoms with Crippen molar-refractivity contribution in [3.63, 3.8) is 0 Å². The van der Waals surface area contributed by atoms with E-state index in [1.807, 2.05) is 30.3 Å². The third-order valence-corrected chi connectivity index (χ3v) is 5.52. The average molecular weight is 420 g/mol. The number of sulfonamides is 1. The predicted octanol–water partition coefficient (Wildman–Crippen LogP) is 1.81. The van der Waals surface area contributed by atoms with Crippen molar-refractivity contribution in [2.75, 3.05) is 36.9 Å². The summed E-state index contributed by atoms with van der Waals surface area (Å²) in [7, 11) is -3.72. The molecule has 0 spiro atoms. The van der Waals surface area contributed by atoms with Gasteiger partial charge >= 0.3 is 0 Å². The van der Waals surface area contributed by atoms with E-state index in [-0.39, 0.29) is 13.2 Å². The van der Waals surface area contributed by atoms with Crippen molar-refractivity contribution in [3.8, 4) is 17.2 Å². The molecule has 0 radical (unpaired) electrons. The maximum atomic E-state index is 12.6. The van der Waals surface area contributed by atoms with E-state index in [9.17, 15) is 13.2 Å². The highest BCUT2D eigenvalue weighted by molar-refractivity contribution is 7.92. The lowest BCUT2D eigenvalue weighted by Crippen LogP contribution is -2.48. The first-order valence-corrected chi connectivity index (χ1v) is 11.1. The van der Waals surface area contributed by atoms with Crippen molar-refractivity contribution >= 4 is 21.6 Å². The van der Waals surface area contributed by atoms with Gasteiger partial charge in [-0.25, -0.2) is 8.42 Å². The molecule has 0 saturated carbocycles. The zero-order valence-corrected chi connectivity index (χ0v) is 17.1. The maximum absolute atomic E-state index is 12.6. The van der Waals surface area contributed by atoms with Gasteiger partial charge in [-0.15, -0.1) is 0 Å². The van der Waals surface area contributed by atoms with Crippen LogP contribution in [-0.4, -0.2) is 53.0 Å². The van der Waals surface area contributed by atoms with Gasteiger partial charge in [0.1, 0.15) is 31.6 Å². The number of nitrogens with one attached hydrogen (secondary N) is 1. The molecule has 0 fully saturated rings. The topological polar surface area (TPSA) is 94.2 Å². The molecular formula is C20H24N2O6S. The van der Waals surface area contributed by atoms with Gasteiger partial charge in [-0.1, -0.05) is 18.2 Å². The van der Waals surface area contributed by atoms with Crippen molar-refractivity contribution in [1.29, 1.82) is 0 Å². The summed E-state index contributed by atoms with van der Waals surface area (Å²) in [5, 5.41) is 2.71. The number of nitrogens with zero attached hydrogens (tertiary/aromatic N) is 1. The molecule has 1 aliphatic rings. The Morgan fingerprint density at radius 3 is 2.52 bits per heavy atom.